The van der Waals surface area contributed by atoms with Gasteiger partial charge in [-0.1, -0.05) is 26.0 Å². The van der Waals surface area contributed by atoms with E-state index in [0.717, 1.165) is 4.68 Å². The Kier molecular flexibility index (Phi) is 11.8. The van der Waals surface area contributed by atoms with E-state index in [1.807, 2.05) is 13.8 Å². The van der Waals surface area contributed by atoms with Gasteiger partial charge in [-0.2, -0.15) is 0 Å². The maximum atomic E-state index is 13.4. The topological polar surface area (TPSA) is 217 Å². The average molecular weight is 628 g/mol. The van der Waals surface area contributed by atoms with Crippen LogP contribution < -0.4 is 37.7 Å². The second-order valence-electron chi connectivity index (χ2n) is 11.8. The van der Waals surface area contributed by atoms with Crippen LogP contribution in [-0.2, 0) is 35.3 Å². The van der Waals surface area contributed by atoms with Crippen molar-refractivity contribution in [2.24, 2.45) is 11.8 Å². The highest BCUT2D eigenvalue weighted by atomic mass is 16.2. The van der Waals surface area contributed by atoms with Crippen molar-refractivity contribution in [2.75, 3.05) is 6.54 Å². The predicted octanol–water partition coefficient (Wildman–Crippen LogP) is -1.17. The third-order valence-corrected chi connectivity index (χ3v) is 7.49. The molecule has 1 aromatic carbocycles. The van der Waals surface area contributed by atoms with Gasteiger partial charge in [-0.3, -0.25) is 43.5 Å². The molecular formula is C30H41N7O8. The van der Waals surface area contributed by atoms with Crippen LogP contribution in [0.5, 0.6) is 0 Å². The van der Waals surface area contributed by atoms with E-state index in [-0.39, 0.29) is 29.0 Å². The molecule has 15 heteroatoms. The summed E-state index contributed by atoms with van der Waals surface area (Å²) in [7, 11) is 0. The number of carbonyl (C=O) groups excluding carboxylic acids is 6. The normalized spacial score (nSPS) is 17.1. The number of H-pyrrole nitrogens is 1. The van der Waals surface area contributed by atoms with Gasteiger partial charge in [-0.25, -0.2) is 4.68 Å². The summed E-state index contributed by atoms with van der Waals surface area (Å²) in [5, 5.41) is 15.5. The zero-order valence-electron chi connectivity index (χ0n) is 26.0. The van der Waals surface area contributed by atoms with E-state index in [0.29, 0.717) is 19.4 Å². The number of aromatic amines is 1. The predicted molar refractivity (Wildman–Crippen MR) is 164 cm³/mol. The van der Waals surface area contributed by atoms with E-state index in [4.69, 9.17) is 0 Å². The number of nitrogens with zero attached hydrogens (tertiary/aromatic N) is 1. The maximum Gasteiger partial charge on any atom is 0.273 e. The molecule has 5 atom stereocenters. The largest absolute Gasteiger partial charge is 0.356 e. The molecule has 3 rings (SSSR count). The Morgan fingerprint density at radius 2 is 1.44 bits per heavy atom. The molecule has 6 N–H and O–H groups in total. The molecule has 45 heavy (non-hydrogen) atoms. The van der Waals surface area contributed by atoms with Gasteiger partial charge in [0.2, 0.25) is 29.5 Å². The molecule has 0 bridgehead atoms. The Bertz CT molecular complexity index is 1580. The molecule has 2 aromatic rings. The van der Waals surface area contributed by atoms with Gasteiger partial charge >= 0.3 is 0 Å². The maximum absolute atomic E-state index is 13.4. The van der Waals surface area contributed by atoms with Gasteiger partial charge in [0.05, 0.1) is 16.8 Å². The Balaban J connectivity index is 1.70. The van der Waals surface area contributed by atoms with Crippen LogP contribution >= 0.6 is 0 Å². The first-order chi connectivity index (χ1) is 21.2. The highest BCUT2D eigenvalue weighted by molar-refractivity contribution is 5.95. The van der Waals surface area contributed by atoms with Gasteiger partial charge in [-0.15, -0.1) is 0 Å². The Labute approximate surface area is 259 Å². The van der Waals surface area contributed by atoms with Crippen molar-refractivity contribution in [3.63, 3.8) is 0 Å². The molecule has 0 saturated carbocycles. The molecular weight excluding hydrogens is 586 g/mol. The zero-order chi connectivity index (χ0) is 33.4. The van der Waals surface area contributed by atoms with Gasteiger partial charge in [0.1, 0.15) is 24.7 Å². The molecule has 0 spiro atoms. The van der Waals surface area contributed by atoms with Crippen LogP contribution in [0.25, 0.3) is 10.8 Å². The van der Waals surface area contributed by atoms with Gasteiger partial charge in [0.25, 0.3) is 11.1 Å². The number of benzene rings is 1. The quantitative estimate of drug-likeness (QED) is 0.150. The van der Waals surface area contributed by atoms with Crippen molar-refractivity contribution < 1.29 is 28.8 Å². The molecule has 1 aromatic heterocycles. The van der Waals surface area contributed by atoms with E-state index < -0.39 is 77.2 Å². The van der Waals surface area contributed by atoms with Gasteiger partial charge in [-0.05, 0) is 51.2 Å². The third-order valence-electron chi connectivity index (χ3n) is 7.49. The molecule has 15 nitrogen and oxygen atoms in total. The molecule has 1 fully saturated rings. The monoisotopic (exact) mass is 627 g/mol. The first kappa shape index (κ1) is 34.7. The zero-order valence-corrected chi connectivity index (χ0v) is 26.0. The summed E-state index contributed by atoms with van der Waals surface area (Å²) in [5.74, 6) is -3.77. The first-order valence-electron chi connectivity index (χ1n) is 14.9. The van der Waals surface area contributed by atoms with E-state index in [1.54, 1.807) is 12.1 Å². The second-order valence-corrected chi connectivity index (χ2v) is 11.8. The lowest BCUT2D eigenvalue weighted by molar-refractivity contribution is -0.134. The Morgan fingerprint density at radius 3 is 2.02 bits per heavy atom. The minimum absolute atomic E-state index is 0.0590. The summed E-state index contributed by atoms with van der Waals surface area (Å²) in [6.45, 7) is 7.69. The van der Waals surface area contributed by atoms with Crippen LogP contribution in [0.15, 0.2) is 33.9 Å². The first-order valence-corrected chi connectivity index (χ1v) is 14.9. The van der Waals surface area contributed by atoms with Crippen LogP contribution in [0, 0.1) is 11.8 Å². The summed E-state index contributed by atoms with van der Waals surface area (Å²) >= 11 is 0. The molecule has 1 aliphatic rings. The lowest BCUT2D eigenvalue weighted by atomic mass is 9.95. The van der Waals surface area contributed by atoms with Crippen molar-refractivity contribution in [1.82, 2.24) is 36.4 Å². The summed E-state index contributed by atoms with van der Waals surface area (Å²) in [4.78, 5) is 101. The number of nitrogens with one attached hydrogen (secondary N) is 6. The SMILES string of the molecule is CC(=O)N[C@@H](CC(C)C)C(=O)N[C@@H](C)C(=O)N[C@@H](C)C(=O)N[C@@H](C[C@@H]1CCNC1=O)C(=O)Cn1[nH]c(=O)c2ccccc2c1=O. The lowest BCUT2D eigenvalue weighted by Crippen LogP contribution is -2.56. The molecule has 2 heterocycles. The number of fused-ring (bicyclic) bond motifs is 1. The summed E-state index contributed by atoms with van der Waals surface area (Å²) < 4.78 is 0.865. The number of Topliss-reactive ketones (excluding diaryl/α,β-unsaturated/α-hetero) is 1. The molecule has 1 saturated heterocycles. The smallest absolute Gasteiger partial charge is 0.273 e. The summed E-state index contributed by atoms with van der Waals surface area (Å²) in [6.07, 6.45) is 0.730. The van der Waals surface area contributed by atoms with Crippen molar-refractivity contribution in [1.29, 1.82) is 0 Å². The minimum Gasteiger partial charge on any atom is -0.356 e. The van der Waals surface area contributed by atoms with Crippen molar-refractivity contribution in [2.45, 2.75) is 84.6 Å². The lowest BCUT2D eigenvalue weighted by Gasteiger charge is -2.24. The number of amides is 5. The standard InChI is InChI=1S/C30H41N7O8/c1-15(2)12-23(34-18(5)38)29(44)33-16(3)25(40)32-17(4)26(41)35-22(13-19-10-11-31-27(19)42)24(39)14-37-30(45)21-9-7-6-8-20(21)28(43)36-37/h6-9,15-17,19,22-23H,10-14H2,1-5H3,(H,31,42)(H,32,40)(H,33,44)(H,34,38)(H,35,41)(H,36,43)/t16-,17-,19-,22-,23-/m0/s1. The van der Waals surface area contributed by atoms with Crippen molar-refractivity contribution in [3.05, 3.63) is 45.0 Å². The Morgan fingerprint density at radius 1 is 0.844 bits per heavy atom. The third kappa shape index (κ3) is 9.33. The van der Waals surface area contributed by atoms with E-state index in [9.17, 15) is 38.4 Å². The highest BCUT2D eigenvalue weighted by Crippen LogP contribution is 2.17. The number of hydrogen-bond acceptors (Lipinski definition) is 8. The van der Waals surface area contributed by atoms with E-state index >= 15 is 0 Å². The van der Waals surface area contributed by atoms with Gasteiger partial charge < -0.3 is 26.6 Å². The van der Waals surface area contributed by atoms with E-state index in [1.165, 1.54) is 32.9 Å². The van der Waals surface area contributed by atoms with Crippen LogP contribution in [0.2, 0.25) is 0 Å². The number of carbonyl (C=O) groups is 6. The number of ketones is 1. The number of aromatic nitrogens is 2. The van der Waals surface area contributed by atoms with Crippen LogP contribution in [0.4, 0.5) is 0 Å². The second kappa shape index (κ2) is 15.3. The van der Waals surface area contributed by atoms with Crippen LogP contribution in [0.1, 0.15) is 53.9 Å². The highest BCUT2D eigenvalue weighted by Gasteiger charge is 2.33. The fourth-order valence-electron chi connectivity index (χ4n) is 5.08. The fraction of sp³-hybridized carbons (Fsp3) is 0.533. The summed E-state index contributed by atoms with van der Waals surface area (Å²) in [6, 6.07) is 1.86. The summed E-state index contributed by atoms with van der Waals surface area (Å²) in [5.41, 5.74) is -1.17. The molecule has 1 aliphatic heterocycles. The van der Waals surface area contributed by atoms with Gasteiger partial charge in [0.15, 0.2) is 5.78 Å². The van der Waals surface area contributed by atoms with Crippen LogP contribution in [0.3, 0.4) is 0 Å². The molecule has 0 aliphatic carbocycles. The van der Waals surface area contributed by atoms with Crippen LogP contribution in [-0.4, -0.2) is 75.8 Å². The van der Waals surface area contributed by atoms with Crippen molar-refractivity contribution >= 4 is 46.1 Å². The van der Waals surface area contributed by atoms with E-state index in [2.05, 4.69) is 31.7 Å². The van der Waals surface area contributed by atoms with Crippen molar-refractivity contribution in [3.8, 4) is 0 Å². The minimum atomic E-state index is -1.22. The Hall–Kier alpha value is -4.82. The number of hydrogen-bond donors (Lipinski definition) is 6. The average Bonchev–Trinajstić information content (AvgIpc) is 3.38. The molecule has 5 amide bonds. The molecule has 0 radical (unpaired) electrons. The van der Waals surface area contributed by atoms with Gasteiger partial charge in [0, 0.05) is 19.4 Å². The molecule has 244 valence electrons. The fourth-order valence-corrected chi connectivity index (χ4v) is 5.08. The number of rotatable bonds is 14. The molecule has 0 unspecified atom stereocenters.